The van der Waals surface area contributed by atoms with Crippen LogP contribution in [0.5, 0.6) is 5.75 Å². The van der Waals surface area contributed by atoms with Gasteiger partial charge in [-0.25, -0.2) is 0 Å². The minimum atomic E-state index is -0.0132. The van der Waals surface area contributed by atoms with Gasteiger partial charge in [0, 0.05) is 15.6 Å². The Morgan fingerprint density at radius 3 is 2.61 bits per heavy atom. The Morgan fingerprint density at radius 2 is 1.94 bits per heavy atom. The molecule has 18 heavy (non-hydrogen) atoms. The number of methoxy groups -OCH3 is 1. The van der Waals surface area contributed by atoms with Crippen LogP contribution in [-0.2, 0) is 0 Å². The number of hydrogen-bond acceptors (Lipinski definition) is 2. The van der Waals surface area contributed by atoms with Gasteiger partial charge in [0.25, 0.3) is 0 Å². The summed E-state index contributed by atoms with van der Waals surface area (Å²) in [4.78, 5) is 12.4. The first-order valence-electron chi connectivity index (χ1n) is 5.56. The zero-order chi connectivity index (χ0) is 13.1. The number of carbonyl (C=O) groups is 1. The summed E-state index contributed by atoms with van der Waals surface area (Å²) in [5.74, 6) is 0.671. The van der Waals surface area contributed by atoms with Crippen LogP contribution >= 0.6 is 15.9 Å². The van der Waals surface area contributed by atoms with Crippen molar-refractivity contribution in [2.24, 2.45) is 0 Å². The maximum atomic E-state index is 12.4. The van der Waals surface area contributed by atoms with Gasteiger partial charge >= 0.3 is 0 Å². The van der Waals surface area contributed by atoms with Crippen molar-refractivity contribution in [2.75, 3.05) is 7.11 Å². The van der Waals surface area contributed by atoms with Gasteiger partial charge < -0.3 is 4.74 Å². The molecule has 0 radical (unpaired) electrons. The molecule has 2 aromatic carbocycles. The predicted molar refractivity (Wildman–Crippen MR) is 75.3 cm³/mol. The normalized spacial score (nSPS) is 10.2. The number of ether oxygens (including phenoxy) is 1. The second-order valence-corrected chi connectivity index (χ2v) is 4.90. The molecule has 0 aliphatic rings. The molecule has 0 fully saturated rings. The van der Waals surface area contributed by atoms with Gasteiger partial charge in [-0.05, 0) is 36.8 Å². The van der Waals surface area contributed by atoms with Crippen LogP contribution in [0.1, 0.15) is 21.5 Å². The second kappa shape index (κ2) is 5.36. The Hall–Kier alpha value is -1.61. The van der Waals surface area contributed by atoms with Gasteiger partial charge in [-0.3, -0.25) is 4.79 Å². The van der Waals surface area contributed by atoms with Gasteiger partial charge in [-0.1, -0.05) is 34.1 Å². The van der Waals surface area contributed by atoms with E-state index < -0.39 is 0 Å². The van der Waals surface area contributed by atoms with Gasteiger partial charge in [-0.15, -0.1) is 0 Å². The molecule has 0 bridgehead atoms. The van der Waals surface area contributed by atoms with E-state index in [-0.39, 0.29) is 5.78 Å². The standard InChI is InChI=1S/C15H13BrO2/c1-10-6-7-13(14(16)8-10)15(17)11-4-3-5-12(9-11)18-2/h3-9H,1-2H3. The summed E-state index contributed by atoms with van der Waals surface area (Å²) in [6.07, 6.45) is 0. The van der Waals surface area contributed by atoms with Crippen molar-refractivity contribution in [3.63, 3.8) is 0 Å². The highest BCUT2D eigenvalue weighted by molar-refractivity contribution is 9.10. The van der Waals surface area contributed by atoms with Crippen LogP contribution in [0.15, 0.2) is 46.9 Å². The predicted octanol–water partition coefficient (Wildman–Crippen LogP) is 4.00. The van der Waals surface area contributed by atoms with Gasteiger partial charge in [-0.2, -0.15) is 0 Å². The quantitative estimate of drug-likeness (QED) is 0.801. The molecule has 3 heteroatoms. The minimum absolute atomic E-state index is 0.0132. The Morgan fingerprint density at radius 1 is 1.17 bits per heavy atom. The molecule has 0 saturated carbocycles. The number of hydrogen-bond donors (Lipinski definition) is 0. The first-order valence-corrected chi connectivity index (χ1v) is 6.36. The van der Waals surface area contributed by atoms with Crippen molar-refractivity contribution in [1.82, 2.24) is 0 Å². The summed E-state index contributed by atoms with van der Waals surface area (Å²) in [5.41, 5.74) is 2.40. The fourth-order valence-corrected chi connectivity index (χ4v) is 2.40. The lowest BCUT2D eigenvalue weighted by atomic mass is 10.0. The van der Waals surface area contributed by atoms with Crippen molar-refractivity contribution in [1.29, 1.82) is 0 Å². The number of aryl methyl sites for hydroxylation is 1. The summed E-state index contributed by atoms with van der Waals surface area (Å²) >= 11 is 3.43. The molecule has 2 aromatic rings. The number of carbonyl (C=O) groups excluding carboxylic acids is 1. The second-order valence-electron chi connectivity index (χ2n) is 4.04. The first kappa shape index (κ1) is 12.8. The van der Waals surface area contributed by atoms with Crippen molar-refractivity contribution in [3.8, 4) is 5.75 Å². The third-order valence-electron chi connectivity index (χ3n) is 2.70. The van der Waals surface area contributed by atoms with Crippen LogP contribution in [0.2, 0.25) is 0 Å². The lowest BCUT2D eigenvalue weighted by molar-refractivity contribution is 0.103. The number of halogens is 1. The van der Waals surface area contributed by atoms with Crippen LogP contribution in [0, 0.1) is 6.92 Å². The van der Waals surface area contributed by atoms with Crippen molar-refractivity contribution in [3.05, 3.63) is 63.6 Å². The molecule has 0 aromatic heterocycles. The van der Waals surface area contributed by atoms with Gasteiger partial charge in [0.1, 0.15) is 5.75 Å². The van der Waals surface area contributed by atoms with Crippen molar-refractivity contribution in [2.45, 2.75) is 6.92 Å². The number of rotatable bonds is 3. The molecule has 0 heterocycles. The third-order valence-corrected chi connectivity index (χ3v) is 3.36. The Kier molecular flexibility index (Phi) is 3.82. The zero-order valence-electron chi connectivity index (χ0n) is 10.2. The molecule has 0 saturated heterocycles. The summed E-state index contributed by atoms with van der Waals surface area (Å²) < 4.78 is 5.94. The average Bonchev–Trinajstić information content (AvgIpc) is 2.38. The molecule has 0 aliphatic carbocycles. The molecule has 0 aliphatic heterocycles. The molecule has 0 atom stereocenters. The van der Waals surface area contributed by atoms with E-state index in [2.05, 4.69) is 15.9 Å². The maximum Gasteiger partial charge on any atom is 0.194 e. The molecule has 0 amide bonds. The smallest absolute Gasteiger partial charge is 0.194 e. The van der Waals surface area contributed by atoms with Gasteiger partial charge in [0.15, 0.2) is 5.78 Å². The Bertz CT molecular complexity index is 591. The third kappa shape index (κ3) is 2.62. The number of ketones is 1. The highest BCUT2D eigenvalue weighted by Gasteiger charge is 2.13. The van der Waals surface area contributed by atoms with E-state index in [1.54, 1.807) is 19.2 Å². The Balaban J connectivity index is 2.41. The molecular weight excluding hydrogens is 292 g/mol. The lowest BCUT2D eigenvalue weighted by Gasteiger charge is -2.06. The van der Waals surface area contributed by atoms with E-state index >= 15 is 0 Å². The average molecular weight is 305 g/mol. The lowest BCUT2D eigenvalue weighted by Crippen LogP contribution is -2.02. The van der Waals surface area contributed by atoms with Crippen molar-refractivity contribution < 1.29 is 9.53 Å². The first-order chi connectivity index (χ1) is 8.61. The van der Waals surface area contributed by atoms with E-state index in [0.29, 0.717) is 16.9 Å². The van der Waals surface area contributed by atoms with E-state index in [4.69, 9.17) is 4.74 Å². The maximum absolute atomic E-state index is 12.4. The Labute approximate surface area is 115 Å². The fourth-order valence-electron chi connectivity index (χ4n) is 1.72. The van der Waals surface area contributed by atoms with Crippen molar-refractivity contribution >= 4 is 21.7 Å². The monoisotopic (exact) mass is 304 g/mol. The fraction of sp³-hybridized carbons (Fsp3) is 0.133. The van der Waals surface area contributed by atoms with Gasteiger partial charge in [0.05, 0.1) is 7.11 Å². The molecule has 2 nitrogen and oxygen atoms in total. The molecule has 2 rings (SSSR count). The molecule has 0 unspecified atom stereocenters. The molecular formula is C15H13BrO2. The molecule has 0 spiro atoms. The van der Waals surface area contributed by atoms with E-state index in [1.807, 2.05) is 37.3 Å². The van der Waals surface area contributed by atoms with Crippen LogP contribution < -0.4 is 4.74 Å². The van der Waals surface area contributed by atoms with Gasteiger partial charge in [0.2, 0.25) is 0 Å². The highest BCUT2D eigenvalue weighted by atomic mass is 79.9. The number of benzene rings is 2. The molecule has 0 N–H and O–H groups in total. The van der Waals surface area contributed by atoms with E-state index in [1.165, 1.54) is 0 Å². The summed E-state index contributed by atoms with van der Waals surface area (Å²) in [6.45, 7) is 1.99. The van der Waals surface area contributed by atoms with E-state index in [9.17, 15) is 4.79 Å². The SMILES string of the molecule is COc1cccc(C(=O)c2ccc(C)cc2Br)c1. The van der Waals surface area contributed by atoms with Crippen LogP contribution in [0.4, 0.5) is 0 Å². The van der Waals surface area contributed by atoms with Crippen LogP contribution in [0.3, 0.4) is 0 Å². The summed E-state index contributed by atoms with van der Waals surface area (Å²) in [6, 6.07) is 12.9. The topological polar surface area (TPSA) is 26.3 Å². The van der Waals surface area contributed by atoms with Crippen LogP contribution in [-0.4, -0.2) is 12.9 Å². The minimum Gasteiger partial charge on any atom is -0.497 e. The largest absolute Gasteiger partial charge is 0.497 e. The van der Waals surface area contributed by atoms with Crippen LogP contribution in [0.25, 0.3) is 0 Å². The summed E-state index contributed by atoms with van der Waals surface area (Å²) in [7, 11) is 1.59. The van der Waals surface area contributed by atoms with E-state index in [0.717, 1.165) is 10.0 Å². The zero-order valence-corrected chi connectivity index (χ0v) is 11.8. The molecule has 92 valence electrons. The highest BCUT2D eigenvalue weighted by Crippen LogP contribution is 2.23. The summed E-state index contributed by atoms with van der Waals surface area (Å²) in [5, 5.41) is 0.